The quantitative estimate of drug-likeness (QED) is 0.493. The van der Waals surface area contributed by atoms with Crippen LogP contribution in [0.25, 0.3) is 5.82 Å². The molecule has 4 rings (SSSR count). The second-order valence-electron chi connectivity index (χ2n) is 8.00. The minimum Gasteiger partial charge on any atom is -0.342 e. The zero-order valence-electron chi connectivity index (χ0n) is 18.6. The Hall–Kier alpha value is -3.63. The first-order valence-electron chi connectivity index (χ1n) is 10.3. The number of halogens is 4. The summed E-state index contributed by atoms with van der Waals surface area (Å²) in [6.45, 7) is 1.58. The van der Waals surface area contributed by atoms with Gasteiger partial charge >= 0.3 is 6.18 Å². The Morgan fingerprint density at radius 1 is 1.17 bits per heavy atom. The van der Waals surface area contributed by atoms with Gasteiger partial charge in [0.2, 0.25) is 0 Å². The van der Waals surface area contributed by atoms with Gasteiger partial charge in [0, 0.05) is 16.8 Å². The van der Waals surface area contributed by atoms with Gasteiger partial charge in [0.25, 0.3) is 11.8 Å². The van der Waals surface area contributed by atoms with Crippen LogP contribution in [0.3, 0.4) is 0 Å². The van der Waals surface area contributed by atoms with Crippen molar-refractivity contribution in [1.82, 2.24) is 30.4 Å². The highest BCUT2D eigenvalue weighted by molar-refractivity contribution is 7.59. The average molecular weight is 538 g/mol. The molecule has 0 saturated heterocycles. The number of nitrogens with zero attached hydrogens (tertiary/aromatic N) is 5. The smallest absolute Gasteiger partial charge is 0.342 e. The first-order valence-corrected chi connectivity index (χ1v) is 10.7. The van der Waals surface area contributed by atoms with Crippen LogP contribution in [0.4, 0.5) is 13.2 Å². The molecule has 0 radical (unpaired) electrons. The number of carbonyl (C=O) groups excluding carboxylic acids is 2. The van der Waals surface area contributed by atoms with Crippen LogP contribution in [0.5, 0.6) is 0 Å². The van der Waals surface area contributed by atoms with Crippen molar-refractivity contribution < 1.29 is 22.8 Å². The Labute approximate surface area is 215 Å². The molecule has 1 atom stereocenters. The third kappa shape index (κ3) is 5.77. The van der Waals surface area contributed by atoms with Crippen molar-refractivity contribution in [3.63, 3.8) is 0 Å². The number of pyridine rings is 1. The molecule has 188 valence electrons. The zero-order chi connectivity index (χ0) is 25.4. The molecule has 14 heteroatoms. The van der Waals surface area contributed by atoms with Gasteiger partial charge in [-0.15, -0.1) is 0 Å². The van der Waals surface area contributed by atoms with E-state index in [1.165, 1.54) is 29.3 Å². The second-order valence-corrected chi connectivity index (χ2v) is 8.44. The first kappa shape index (κ1) is 27.0. The fourth-order valence-electron chi connectivity index (χ4n) is 3.28. The summed E-state index contributed by atoms with van der Waals surface area (Å²) in [7, 11) is 0. The van der Waals surface area contributed by atoms with Crippen molar-refractivity contribution in [3.8, 4) is 11.9 Å². The monoisotopic (exact) mass is 537 g/mol. The van der Waals surface area contributed by atoms with Gasteiger partial charge in [-0.3, -0.25) is 9.59 Å². The molecule has 9 nitrogen and oxygen atoms in total. The molecule has 1 aliphatic rings. The van der Waals surface area contributed by atoms with Crippen LogP contribution in [-0.2, 0) is 6.18 Å². The van der Waals surface area contributed by atoms with E-state index in [0.29, 0.717) is 24.7 Å². The summed E-state index contributed by atoms with van der Waals surface area (Å²) in [5.41, 5.74) is -1.87. The normalized spacial score (nSPS) is 14.7. The summed E-state index contributed by atoms with van der Waals surface area (Å²) in [5.74, 6) is -0.671. The summed E-state index contributed by atoms with van der Waals surface area (Å²) in [6.07, 6.45) is -0.921. The summed E-state index contributed by atoms with van der Waals surface area (Å²) in [6, 6.07) is 6.90. The summed E-state index contributed by atoms with van der Waals surface area (Å²) in [5, 5.41) is 18.2. The minimum atomic E-state index is -4.66. The summed E-state index contributed by atoms with van der Waals surface area (Å²) >= 11 is 5.76. The maximum atomic E-state index is 13.1. The van der Waals surface area contributed by atoms with Gasteiger partial charge in [-0.25, -0.2) is 9.97 Å². The van der Waals surface area contributed by atoms with Crippen LogP contribution < -0.4 is 10.6 Å². The average Bonchev–Trinajstić information content (AvgIpc) is 3.41. The Morgan fingerprint density at radius 3 is 2.47 bits per heavy atom. The lowest BCUT2D eigenvalue weighted by atomic mass is 10.1. The van der Waals surface area contributed by atoms with Crippen molar-refractivity contribution in [2.24, 2.45) is 0 Å². The molecule has 1 fully saturated rings. The van der Waals surface area contributed by atoms with Gasteiger partial charge < -0.3 is 10.6 Å². The molecule has 0 spiro atoms. The fourth-order valence-corrected chi connectivity index (χ4v) is 3.51. The molecular weight excluding hydrogens is 519 g/mol. The number of nitrogens with one attached hydrogen (secondary N) is 2. The zero-order valence-corrected chi connectivity index (χ0v) is 20.4. The van der Waals surface area contributed by atoms with Crippen molar-refractivity contribution >= 4 is 36.9 Å². The Kier molecular flexibility index (Phi) is 7.61. The van der Waals surface area contributed by atoms with Gasteiger partial charge in [0.15, 0.2) is 11.6 Å². The van der Waals surface area contributed by atoms with E-state index in [9.17, 15) is 22.8 Å². The molecule has 1 aromatic carbocycles. The highest BCUT2D eigenvalue weighted by atomic mass is 35.5. The molecule has 2 aromatic heterocycles. The number of hydrogen-bond donors (Lipinski definition) is 2. The number of rotatable bonds is 6. The van der Waals surface area contributed by atoms with Gasteiger partial charge in [-0.2, -0.15) is 41.7 Å². The minimum absolute atomic E-state index is 0. The number of carbonyl (C=O) groups is 2. The van der Waals surface area contributed by atoms with E-state index < -0.39 is 35.1 Å². The third-order valence-corrected chi connectivity index (χ3v) is 5.56. The summed E-state index contributed by atoms with van der Waals surface area (Å²) < 4.78 is 40.5. The molecule has 2 heterocycles. The maximum absolute atomic E-state index is 13.1. The van der Waals surface area contributed by atoms with E-state index in [4.69, 9.17) is 16.9 Å². The summed E-state index contributed by atoms with van der Waals surface area (Å²) in [4.78, 5) is 33.3. The molecule has 0 bridgehead atoms. The Morgan fingerprint density at radius 2 is 1.89 bits per heavy atom. The van der Waals surface area contributed by atoms with Crippen molar-refractivity contribution in [2.45, 2.75) is 37.5 Å². The molecule has 0 unspecified atom stereocenters. The van der Waals surface area contributed by atoms with Crippen LogP contribution in [0.15, 0.2) is 42.9 Å². The van der Waals surface area contributed by atoms with Crippen LogP contribution >= 0.6 is 25.1 Å². The topological polar surface area (TPSA) is 126 Å². The standard InChI is InChI=1S/C22H17ClF3N7O2.H2S/c1-12(31-19(34)14-6-15(22(24,25)26)8-16(23)7-14)18-29-11-30-33(18)17-3-2-13(9-28-17)20(35)32-21(10-27)4-5-21;/h2-3,6-9,11-12H,4-5H2,1H3,(H,31,34)(H,32,35);1H2/t12-;/m0./s1. The lowest BCUT2D eigenvalue weighted by Gasteiger charge is -2.16. The molecular formula is C22H19ClF3N7O2S. The van der Waals surface area contributed by atoms with Gasteiger partial charge in [-0.05, 0) is 50.1 Å². The maximum Gasteiger partial charge on any atom is 0.416 e. The fraction of sp³-hybridized carbons (Fsp3) is 0.273. The van der Waals surface area contributed by atoms with E-state index in [-0.39, 0.29) is 35.5 Å². The van der Waals surface area contributed by atoms with E-state index in [1.54, 1.807) is 6.92 Å². The predicted molar refractivity (Wildman–Crippen MR) is 127 cm³/mol. The predicted octanol–water partition coefficient (Wildman–Crippen LogP) is 3.72. The van der Waals surface area contributed by atoms with Gasteiger partial charge in [-0.1, -0.05) is 11.6 Å². The number of hydrogen-bond acceptors (Lipinski definition) is 6. The molecule has 0 aliphatic heterocycles. The third-order valence-electron chi connectivity index (χ3n) is 5.34. The van der Waals surface area contributed by atoms with Crippen LogP contribution in [0.1, 0.15) is 57.9 Å². The Bertz CT molecular complexity index is 1330. The lowest BCUT2D eigenvalue weighted by Crippen LogP contribution is -2.35. The van der Waals surface area contributed by atoms with Crippen LogP contribution in [0.2, 0.25) is 5.02 Å². The highest BCUT2D eigenvalue weighted by Crippen LogP contribution is 2.34. The first-order chi connectivity index (χ1) is 16.5. The number of aromatic nitrogens is 4. The van der Waals surface area contributed by atoms with Gasteiger partial charge in [0.05, 0.1) is 23.2 Å². The number of amides is 2. The number of benzene rings is 1. The second kappa shape index (κ2) is 10.2. The van der Waals surface area contributed by atoms with Gasteiger partial charge in [0.1, 0.15) is 11.9 Å². The molecule has 2 amide bonds. The number of alkyl halides is 3. The molecule has 1 saturated carbocycles. The highest BCUT2D eigenvalue weighted by Gasteiger charge is 2.44. The molecule has 2 N–H and O–H groups in total. The van der Waals surface area contributed by atoms with Crippen LogP contribution in [-0.4, -0.2) is 37.1 Å². The number of nitriles is 1. The lowest BCUT2D eigenvalue weighted by molar-refractivity contribution is -0.137. The SMILES string of the molecule is C[C@H](NC(=O)c1cc(Cl)cc(C(F)(F)F)c1)c1ncnn1-c1ccc(C(=O)NC2(C#N)CC2)cn1.S. The molecule has 3 aromatic rings. The van der Waals surface area contributed by atoms with E-state index in [0.717, 1.165) is 12.1 Å². The molecule has 36 heavy (non-hydrogen) atoms. The largest absolute Gasteiger partial charge is 0.416 e. The van der Waals surface area contributed by atoms with E-state index in [1.807, 2.05) is 0 Å². The van der Waals surface area contributed by atoms with Crippen molar-refractivity contribution in [3.05, 3.63) is 70.4 Å². The van der Waals surface area contributed by atoms with E-state index in [2.05, 4.69) is 31.8 Å². The van der Waals surface area contributed by atoms with E-state index >= 15 is 0 Å². The Balaban J connectivity index is 0.00000361. The molecule has 1 aliphatic carbocycles. The van der Waals surface area contributed by atoms with Crippen molar-refractivity contribution in [1.29, 1.82) is 5.26 Å². The van der Waals surface area contributed by atoms with Crippen LogP contribution in [0, 0.1) is 11.3 Å². The van der Waals surface area contributed by atoms with Crippen molar-refractivity contribution in [2.75, 3.05) is 0 Å².